The van der Waals surface area contributed by atoms with E-state index in [0.717, 1.165) is 25.6 Å². The Morgan fingerprint density at radius 1 is 1.53 bits per heavy atom. The van der Waals surface area contributed by atoms with Crippen molar-refractivity contribution in [1.29, 1.82) is 0 Å². The second kappa shape index (κ2) is 4.94. The van der Waals surface area contributed by atoms with Crippen LogP contribution >= 0.6 is 0 Å². The Labute approximate surface area is 91.0 Å². The number of rotatable bonds is 3. The van der Waals surface area contributed by atoms with Gasteiger partial charge in [0.1, 0.15) is 0 Å². The van der Waals surface area contributed by atoms with Crippen LogP contribution in [0.1, 0.15) is 19.8 Å². The van der Waals surface area contributed by atoms with E-state index in [1.165, 1.54) is 12.8 Å². The van der Waals surface area contributed by atoms with Crippen molar-refractivity contribution in [2.24, 2.45) is 5.92 Å². The highest BCUT2D eigenvalue weighted by Crippen LogP contribution is 2.24. The van der Waals surface area contributed by atoms with Gasteiger partial charge in [-0.1, -0.05) is 0 Å². The summed E-state index contributed by atoms with van der Waals surface area (Å²) >= 11 is 0. The molecular weight excluding hydrogens is 192 g/mol. The fourth-order valence-electron chi connectivity index (χ4n) is 2.65. The van der Waals surface area contributed by atoms with Crippen molar-refractivity contribution in [1.82, 2.24) is 10.2 Å². The number of fused-ring (bicyclic) bond motifs is 1. The number of nitrogens with one attached hydrogen (secondary N) is 1. The Balaban J connectivity index is 1.78. The van der Waals surface area contributed by atoms with Gasteiger partial charge in [-0.2, -0.15) is 0 Å². The number of carbonyl (C=O) groups excluding carboxylic acids is 1. The second-order valence-corrected chi connectivity index (χ2v) is 4.46. The summed E-state index contributed by atoms with van der Waals surface area (Å²) in [4.78, 5) is 13.5. The van der Waals surface area contributed by atoms with Crippen molar-refractivity contribution < 1.29 is 9.53 Å². The van der Waals surface area contributed by atoms with Crippen LogP contribution in [0.2, 0.25) is 0 Å². The molecule has 0 aromatic carbocycles. The number of likely N-dealkylation sites (tertiary alicyclic amines) is 1. The summed E-state index contributed by atoms with van der Waals surface area (Å²) in [5.41, 5.74) is 0. The molecule has 1 N–H and O–H groups in total. The van der Waals surface area contributed by atoms with Crippen LogP contribution in [0, 0.1) is 5.92 Å². The van der Waals surface area contributed by atoms with E-state index in [1.54, 1.807) is 0 Å². The third-order valence-corrected chi connectivity index (χ3v) is 3.33. The molecule has 4 nitrogen and oxygen atoms in total. The number of hydrogen-bond acceptors (Lipinski definition) is 4. The van der Waals surface area contributed by atoms with Crippen molar-refractivity contribution in [2.75, 3.05) is 32.8 Å². The van der Waals surface area contributed by atoms with E-state index in [4.69, 9.17) is 4.74 Å². The minimum atomic E-state index is -0.0869. The first kappa shape index (κ1) is 10.9. The lowest BCUT2D eigenvalue weighted by molar-refractivity contribution is -0.144. The van der Waals surface area contributed by atoms with Gasteiger partial charge in [-0.25, -0.2) is 0 Å². The Hall–Kier alpha value is -0.610. The number of ether oxygens (including phenoxy) is 1. The van der Waals surface area contributed by atoms with Gasteiger partial charge in [0.15, 0.2) is 0 Å². The van der Waals surface area contributed by atoms with Gasteiger partial charge in [-0.3, -0.25) is 9.69 Å². The molecule has 4 heteroatoms. The highest BCUT2D eigenvalue weighted by molar-refractivity contribution is 5.71. The molecule has 0 bridgehead atoms. The summed E-state index contributed by atoms with van der Waals surface area (Å²) in [6.07, 6.45) is 2.57. The van der Waals surface area contributed by atoms with Gasteiger partial charge in [0.2, 0.25) is 0 Å². The zero-order valence-corrected chi connectivity index (χ0v) is 9.37. The van der Waals surface area contributed by atoms with Crippen molar-refractivity contribution in [3.63, 3.8) is 0 Å². The van der Waals surface area contributed by atoms with E-state index < -0.39 is 0 Å². The van der Waals surface area contributed by atoms with Crippen molar-refractivity contribution in [3.05, 3.63) is 0 Å². The van der Waals surface area contributed by atoms with E-state index in [-0.39, 0.29) is 5.97 Å². The van der Waals surface area contributed by atoms with Gasteiger partial charge in [-0.15, -0.1) is 0 Å². The number of nitrogens with zero attached hydrogens (tertiary/aromatic N) is 1. The highest BCUT2D eigenvalue weighted by atomic mass is 16.5. The second-order valence-electron chi connectivity index (χ2n) is 4.46. The number of esters is 1. The molecule has 2 fully saturated rings. The molecule has 86 valence electrons. The van der Waals surface area contributed by atoms with E-state index in [1.807, 2.05) is 6.92 Å². The van der Waals surface area contributed by atoms with Gasteiger partial charge >= 0.3 is 5.97 Å². The molecule has 2 heterocycles. The fraction of sp³-hybridized carbons (Fsp3) is 0.909. The first-order valence-electron chi connectivity index (χ1n) is 5.91. The largest absolute Gasteiger partial charge is 0.465 e. The summed E-state index contributed by atoms with van der Waals surface area (Å²) in [6, 6.07) is 0.605. The molecule has 0 aliphatic carbocycles. The molecule has 0 aromatic heterocycles. The van der Waals surface area contributed by atoms with Gasteiger partial charge in [0.25, 0.3) is 0 Å². The normalized spacial score (nSPS) is 31.3. The van der Waals surface area contributed by atoms with Crippen LogP contribution < -0.4 is 5.32 Å². The minimum absolute atomic E-state index is 0.0869. The third-order valence-electron chi connectivity index (χ3n) is 3.33. The Kier molecular flexibility index (Phi) is 3.59. The quantitative estimate of drug-likeness (QED) is 0.680. The zero-order chi connectivity index (χ0) is 10.7. The van der Waals surface area contributed by atoms with Crippen LogP contribution in [-0.4, -0.2) is 49.7 Å². The monoisotopic (exact) mass is 212 g/mol. The summed E-state index contributed by atoms with van der Waals surface area (Å²) in [5, 5.41) is 3.52. The molecule has 0 spiro atoms. The van der Waals surface area contributed by atoms with E-state index in [0.29, 0.717) is 19.2 Å². The minimum Gasteiger partial charge on any atom is -0.465 e. The molecule has 2 atom stereocenters. The van der Waals surface area contributed by atoms with Crippen molar-refractivity contribution in [3.8, 4) is 0 Å². The van der Waals surface area contributed by atoms with Crippen molar-refractivity contribution >= 4 is 5.97 Å². The molecule has 2 unspecified atom stereocenters. The molecular formula is C11H20N2O2. The predicted molar refractivity (Wildman–Crippen MR) is 57.6 cm³/mol. The number of hydrogen-bond donors (Lipinski definition) is 1. The molecule has 0 aromatic rings. The molecule has 15 heavy (non-hydrogen) atoms. The van der Waals surface area contributed by atoms with Crippen molar-refractivity contribution in [2.45, 2.75) is 25.8 Å². The lowest BCUT2D eigenvalue weighted by atomic mass is 9.94. The van der Waals surface area contributed by atoms with Gasteiger partial charge in [0, 0.05) is 19.1 Å². The lowest BCUT2D eigenvalue weighted by Crippen LogP contribution is -2.40. The summed E-state index contributed by atoms with van der Waals surface area (Å²) < 4.78 is 4.96. The summed E-state index contributed by atoms with van der Waals surface area (Å²) in [7, 11) is 0. The molecule has 2 aliphatic rings. The average molecular weight is 212 g/mol. The summed E-state index contributed by atoms with van der Waals surface area (Å²) in [5.74, 6) is 0.657. The maximum Gasteiger partial charge on any atom is 0.320 e. The number of piperidine rings is 1. The number of carbonyl (C=O) groups is 1. The molecule has 0 radical (unpaired) electrons. The van der Waals surface area contributed by atoms with Gasteiger partial charge in [0.05, 0.1) is 13.2 Å². The Morgan fingerprint density at radius 2 is 2.40 bits per heavy atom. The summed E-state index contributed by atoms with van der Waals surface area (Å²) in [6.45, 7) is 5.98. The zero-order valence-electron chi connectivity index (χ0n) is 9.37. The van der Waals surface area contributed by atoms with E-state index >= 15 is 0 Å². The molecule has 0 saturated carbocycles. The van der Waals surface area contributed by atoms with E-state index in [2.05, 4.69) is 10.2 Å². The fourth-order valence-corrected chi connectivity index (χ4v) is 2.65. The lowest BCUT2D eigenvalue weighted by Gasteiger charge is -2.24. The average Bonchev–Trinajstić information content (AvgIpc) is 2.59. The van der Waals surface area contributed by atoms with Crippen LogP contribution in [-0.2, 0) is 9.53 Å². The maximum absolute atomic E-state index is 11.3. The third kappa shape index (κ3) is 2.69. The first-order valence-corrected chi connectivity index (χ1v) is 5.91. The SMILES string of the molecule is CCOC(=O)CN1CC2CCCNC2C1. The first-order chi connectivity index (χ1) is 7.29. The molecule has 2 aliphatic heterocycles. The Morgan fingerprint density at radius 3 is 3.13 bits per heavy atom. The van der Waals surface area contributed by atoms with Gasteiger partial charge in [-0.05, 0) is 32.2 Å². The highest BCUT2D eigenvalue weighted by Gasteiger charge is 2.34. The van der Waals surface area contributed by atoms with Crippen LogP contribution in [0.5, 0.6) is 0 Å². The smallest absolute Gasteiger partial charge is 0.320 e. The van der Waals surface area contributed by atoms with Crippen LogP contribution in [0.3, 0.4) is 0 Å². The molecule has 2 rings (SSSR count). The maximum atomic E-state index is 11.3. The molecule has 0 amide bonds. The van der Waals surface area contributed by atoms with Gasteiger partial charge < -0.3 is 10.1 Å². The van der Waals surface area contributed by atoms with Crippen LogP contribution in [0.15, 0.2) is 0 Å². The molecule has 2 saturated heterocycles. The van der Waals surface area contributed by atoms with Crippen LogP contribution in [0.25, 0.3) is 0 Å². The van der Waals surface area contributed by atoms with Crippen LogP contribution in [0.4, 0.5) is 0 Å². The topological polar surface area (TPSA) is 41.6 Å². The Bertz CT molecular complexity index is 219. The predicted octanol–water partition coefficient (Wildman–Crippen LogP) is 0.233. The van der Waals surface area contributed by atoms with E-state index in [9.17, 15) is 4.79 Å². The standard InChI is InChI=1S/C11H20N2O2/c1-2-15-11(14)8-13-6-9-4-3-5-12-10(9)7-13/h9-10,12H,2-8H2,1H3.